The number of fused-ring (bicyclic) bond motifs is 1. The van der Waals surface area contributed by atoms with E-state index in [1.165, 1.54) is 5.56 Å². The summed E-state index contributed by atoms with van der Waals surface area (Å²) in [5, 5.41) is 6.59. The zero-order chi connectivity index (χ0) is 16.8. The number of methoxy groups -OCH3 is 1. The minimum Gasteiger partial charge on any atom is -0.488 e. The number of guanidine groups is 1. The molecule has 3 rings (SSSR count). The Labute approximate surface area is 165 Å². The van der Waals surface area contributed by atoms with Crippen LogP contribution in [0.25, 0.3) is 0 Å². The number of halogens is 1. The van der Waals surface area contributed by atoms with Crippen LogP contribution in [0.1, 0.15) is 11.1 Å². The molecule has 0 amide bonds. The summed E-state index contributed by atoms with van der Waals surface area (Å²) in [5.41, 5.74) is 2.34. The van der Waals surface area contributed by atoms with Crippen LogP contribution in [0.2, 0.25) is 0 Å². The third-order valence-electron chi connectivity index (χ3n) is 3.90. The van der Waals surface area contributed by atoms with Crippen molar-refractivity contribution in [1.82, 2.24) is 15.6 Å². The topological polar surface area (TPSA) is 67.8 Å². The quantitative estimate of drug-likeness (QED) is 0.413. The molecule has 0 radical (unpaired) electrons. The Morgan fingerprint density at radius 2 is 2.16 bits per heavy atom. The van der Waals surface area contributed by atoms with Crippen molar-refractivity contribution in [3.8, 4) is 11.6 Å². The molecule has 1 atom stereocenters. The summed E-state index contributed by atoms with van der Waals surface area (Å²) < 4.78 is 11.1. The summed E-state index contributed by atoms with van der Waals surface area (Å²) in [7, 11) is 3.37. The number of aromatic nitrogens is 1. The highest BCUT2D eigenvalue weighted by Gasteiger charge is 2.22. The molecule has 7 heteroatoms. The molecule has 25 heavy (non-hydrogen) atoms. The molecule has 1 aliphatic heterocycles. The van der Waals surface area contributed by atoms with Gasteiger partial charge in [0.25, 0.3) is 0 Å². The Hall–Kier alpha value is -2.03. The third kappa shape index (κ3) is 5.22. The molecule has 0 fully saturated rings. The van der Waals surface area contributed by atoms with Crippen molar-refractivity contribution in [3.05, 3.63) is 53.7 Å². The summed E-state index contributed by atoms with van der Waals surface area (Å²) in [6.45, 7) is 1.35. The van der Waals surface area contributed by atoms with Crippen LogP contribution in [0.5, 0.6) is 11.6 Å². The number of pyridine rings is 1. The Bertz CT molecular complexity index is 699. The first-order valence-electron chi connectivity index (χ1n) is 7.96. The number of nitrogens with zero attached hydrogens (tertiary/aromatic N) is 2. The number of rotatable bonds is 5. The number of aliphatic imine (C=N–C) groups is 1. The van der Waals surface area contributed by atoms with Gasteiger partial charge in [-0.1, -0.05) is 18.2 Å². The second-order valence-electron chi connectivity index (χ2n) is 5.56. The molecule has 0 saturated heterocycles. The normalized spacial score (nSPS) is 15.6. The first-order valence-corrected chi connectivity index (χ1v) is 7.96. The highest BCUT2D eigenvalue weighted by atomic mass is 127. The van der Waals surface area contributed by atoms with Crippen LogP contribution in [-0.2, 0) is 13.0 Å². The summed E-state index contributed by atoms with van der Waals surface area (Å²) >= 11 is 0. The maximum atomic E-state index is 5.92. The van der Waals surface area contributed by atoms with Gasteiger partial charge < -0.3 is 20.1 Å². The van der Waals surface area contributed by atoms with Crippen molar-refractivity contribution >= 4 is 29.9 Å². The number of para-hydroxylation sites is 1. The van der Waals surface area contributed by atoms with E-state index in [0.29, 0.717) is 19.0 Å². The van der Waals surface area contributed by atoms with Crippen LogP contribution < -0.4 is 20.1 Å². The van der Waals surface area contributed by atoms with Crippen molar-refractivity contribution in [2.75, 3.05) is 20.7 Å². The van der Waals surface area contributed by atoms with Crippen LogP contribution >= 0.6 is 24.0 Å². The Morgan fingerprint density at radius 1 is 1.32 bits per heavy atom. The number of hydrogen-bond donors (Lipinski definition) is 2. The maximum Gasteiger partial charge on any atom is 0.213 e. The van der Waals surface area contributed by atoms with Gasteiger partial charge in [-0.25, -0.2) is 4.98 Å². The van der Waals surface area contributed by atoms with E-state index in [0.717, 1.165) is 23.7 Å². The highest BCUT2D eigenvalue weighted by molar-refractivity contribution is 14.0. The van der Waals surface area contributed by atoms with Crippen LogP contribution in [0.3, 0.4) is 0 Å². The minimum atomic E-state index is 0. The van der Waals surface area contributed by atoms with Gasteiger partial charge in [0, 0.05) is 32.3 Å². The second kappa shape index (κ2) is 9.45. The zero-order valence-electron chi connectivity index (χ0n) is 14.4. The number of nitrogens with one attached hydrogen (secondary N) is 2. The van der Waals surface area contributed by atoms with Crippen molar-refractivity contribution < 1.29 is 9.47 Å². The Kier molecular flexibility index (Phi) is 7.30. The van der Waals surface area contributed by atoms with Crippen LogP contribution in [0.15, 0.2) is 47.6 Å². The molecule has 6 nitrogen and oxygen atoms in total. The molecule has 0 aliphatic carbocycles. The first-order chi connectivity index (χ1) is 11.8. The first kappa shape index (κ1) is 19.3. The summed E-state index contributed by atoms with van der Waals surface area (Å²) in [6, 6.07) is 12.0. The summed E-state index contributed by atoms with van der Waals surface area (Å²) in [5.74, 6) is 2.33. The number of ether oxygens (including phenoxy) is 2. The average Bonchev–Trinajstić information content (AvgIpc) is 3.05. The van der Waals surface area contributed by atoms with E-state index >= 15 is 0 Å². The molecule has 0 spiro atoms. The molecule has 1 aliphatic rings. The molecule has 0 saturated carbocycles. The van der Waals surface area contributed by atoms with Gasteiger partial charge >= 0.3 is 0 Å². The fourth-order valence-corrected chi connectivity index (χ4v) is 2.66. The summed E-state index contributed by atoms with van der Waals surface area (Å²) in [4.78, 5) is 8.35. The lowest BCUT2D eigenvalue weighted by Crippen LogP contribution is -2.41. The van der Waals surface area contributed by atoms with Crippen molar-refractivity contribution in [2.24, 2.45) is 4.99 Å². The Morgan fingerprint density at radius 3 is 2.92 bits per heavy atom. The predicted octanol–water partition coefficient (Wildman–Crippen LogP) is 2.38. The van der Waals surface area contributed by atoms with Crippen LogP contribution in [-0.4, -0.2) is 37.7 Å². The molecule has 1 unspecified atom stereocenters. The van der Waals surface area contributed by atoms with Gasteiger partial charge in [-0.05, 0) is 23.3 Å². The monoisotopic (exact) mass is 454 g/mol. The molecule has 0 bridgehead atoms. The van der Waals surface area contributed by atoms with Crippen LogP contribution in [0.4, 0.5) is 0 Å². The van der Waals surface area contributed by atoms with E-state index in [9.17, 15) is 0 Å². The van der Waals surface area contributed by atoms with E-state index in [1.807, 2.05) is 30.3 Å². The maximum absolute atomic E-state index is 5.92. The highest BCUT2D eigenvalue weighted by Crippen LogP contribution is 2.27. The van der Waals surface area contributed by atoms with Gasteiger partial charge in [-0.15, -0.1) is 24.0 Å². The smallest absolute Gasteiger partial charge is 0.213 e. The fourth-order valence-electron chi connectivity index (χ4n) is 2.66. The average molecular weight is 454 g/mol. The molecular formula is C18H23IN4O2. The zero-order valence-corrected chi connectivity index (χ0v) is 16.7. The lowest BCUT2D eigenvalue weighted by atomic mass is 10.1. The van der Waals surface area contributed by atoms with Crippen molar-refractivity contribution in [3.63, 3.8) is 0 Å². The predicted molar refractivity (Wildman–Crippen MR) is 109 cm³/mol. The molecule has 134 valence electrons. The lowest BCUT2D eigenvalue weighted by molar-refractivity contribution is 0.235. The number of benzene rings is 1. The molecular weight excluding hydrogens is 431 g/mol. The number of hydrogen-bond acceptors (Lipinski definition) is 4. The van der Waals surface area contributed by atoms with Gasteiger partial charge in [0.2, 0.25) is 5.88 Å². The van der Waals surface area contributed by atoms with Gasteiger partial charge in [-0.3, -0.25) is 4.99 Å². The SMILES string of the molecule is CN=C(NCc1ccnc(OC)c1)NCC1Cc2ccccc2O1.I. The summed E-state index contributed by atoms with van der Waals surface area (Å²) in [6.07, 6.45) is 2.78. The van der Waals surface area contributed by atoms with Crippen LogP contribution in [0, 0.1) is 0 Å². The second-order valence-corrected chi connectivity index (χ2v) is 5.56. The molecule has 2 N–H and O–H groups in total. The van der Waals surface area contributed by atoms with E-state index in [1.54, 1.807) is 20.4 Å². The largest absolute Gasteiger partial charge is 0.488 e. The van der Waals surface area contributed by atoms with E-state index in [-0.39, 0.29) is 30.1 Å². The third-order valence-corrected chi connectivity index (χ3v) is 3.90. The molecule has 1 aromatic carbocycles. The molecule has 1 aromatic heterocycles. The van der Waals surface area contributed by atoms with E-state index < -0.39 is 0 Å². The Balaban J connectivity index is 0.00000225. The lowest BCUT2D eigenvalue weighted by Gasteiger charge is -2.15. The standard InChI is InChI=1S/C18H22N4O2.HI/c1-19-18(21-11-13-7-8-20-17(9-13)23-2)22-12-15-10-14-5-3-4-6-16(14)24-15;/h3-9,15H,10-12H2,1-2H3,(H2,19,21,22);1H. The van der Waals surface area contributed by atoms with Gasteiger partial charge in [0.15, 0.2) is 5.96 Å². The van der Waals surface area contributed by atoms with E-state index in [2.05, 4.69) is 26.7 Å². The van der Waals surface area contributed by atoms with Crippen molar-refractivity contribution in [1.29, 1.82) is 0 Å². The minimum absolute atomic E-state index is 0. The van der Waals surface area contributed by atoms with Gasteiger partial charge in [0.05, 0.1) is 13.7 Å². The van der Waals surface area contributed by atoms with Gasteiger partial charge in [0.1, 0.15) is 11.9 Å². The fraction of sp³-hybridized carbons (Fsp3) is 0.333. The van der Waals surface area contributed by atoms with Crippen molar-refractivity contribution in [2.45, 2.75) is 19.1 Å². The van der Waals surface area contributed by atoms with E-state index in [4.69, 9.17) is 9.47 Å². The molecule has 2 heterocycles. The van der Waals surface area contributed by atoms with Gasteiger partial charge in [-0.2, -0.15) is 0 Å². The molecule has 2 aromatic rings.